The monoisotopic (exact) mass is 556 g/mol. The van der Waals surface area contributed by atoms with Crippen LogP contribution in [0, 0.1) is 20.8 Å². The zero-order valence-corrected chi connectivity index (χ0v) is 24.0. The van der Waals surface area contributed by atoms with E-state index in [-0.39, 0.29) is 6.04 Å². The molecular weight excluding hydrogens is 520 g/mol. The molecule has 10 heteroatoms. The first-order valence-electron chi connectivity index (χ1n) is 12.9. The Hall–Kier alpha value is -3.59. The van der Waals surface area contributed by atoms with Crippen LogP contribution in [0.4, 0.5) is 10.5 Å². The molecule has 2 aromatic carbocycles. The number of nitrogens with zero attached hydrogens (tertiary/aromatic N) is 1. The largest absolute Gasteiger partial charge is 0.444 e. The quantitative estimate of drug-likeness (QED) is 0.412. The maximum absolute atomic E-state index is 14.1. The van der Waals surface area contributed by atoms with Crippen LogP contribution in [0.1, 0.15) is 68.3 Å². The van der Waals surface area contributed by atoms with Gasteiger partial charge in [0, 0.05) is 6.04 Å². The normalized spacial score (nSPS) is 14.6. The average molecular weight is 557 g/mol. The molecule has 4 N–H and O–H groups in total. The first kappa shape index (κ1) is 30.0. The van der Waals surface area contributed by atoms with E-state index in [2.05, 4.69) is 10.6 Å². The molecule has 0 saturated heterocycles. The minimum absolute atomic E-state index is 0.266. The minimum atomic E-state index is -1.32. The number of anilines is 1. The van der Waals surface area contributed by atoms with Crippen molar-refractivity contribution in [2.75, 3.05) is 5.32 Å². The molecule has 1 aliphatic rings. The Balaban J connectivity index is 2.06. The summed E-state index contributed by atoms with van der Waals surface area (Å²) in [7, 11) is 0. The highest BCUT2D eigenvalue weighted by Gasteiger charge is 2.44. The van der Waals surface area contributed by atoms with Crippen LogP contribution in [-0.4, -0.2) is 46.4 Å². The second-order valence-corrected chi connectivity index (χ2v) is 11.5. The Kier molecular flexibility index (Phi) is 9.27. The Labute approximate surface area is 234 Å². The molecule has 0 bridgehead atoms. The summed E-state index contributed by atoms with van der Waals surface area (Å²) in [5.41, 5.74) is 8.27. The maximum Gasteiger partial charge on any atom is 0.408 e. The summed E-state index contributed by atoms with van der Waals surface area (Å²) < 4.78 is 5.32. The number of carbonyl (C=O) groups is 4. The van der Waals surface area contributed by atoms with Crippen molar-refractivity contribution >= 4 is 41.1 Å². The van der Waals surface area contributed by atoms with Gasteiger partial charge in [-0.15, -0.1) is 0 Å². The van der Waals surface area contributed by atoms with Gasteiger partial charge in [0.1, 0.15) is 17.7 Å². The molecule has 2 unspecified atom stereocenters. The van der Waals surface area contributed by atoms with E-state index in [1.54, 1.807) is 32.9 Å². The van der Waals surface area contributed by atoms with Crippen molar-refractivity contribution < 1.29 is 23.9 Å². The summed E-state index contributed by atoms with van der Waals surface area (Å²) in [4.78, 5) is 54.1. The summed E-state index contributed by atoms with van der Waals surface area (Å²) in [6.45, 7) is 10.7. The Morgan fingerprint density at radius 3 is 2.21 bits per heavy atom. The summed E-state index contributed by atoms with van der Waals surface area (Å²) in [5, 5.41) is 5.78. The number of nitrogens with one attached hydrogen (secondary N) is 2. The lowest BCUT2D eigenvalue weighted by molar-refractivity contribution is -0.142. The highest BCUT2D eigenvalue weighted by atomic mass is 35.5. The van der Waals surface area contributed by atoms with Gasteiger partial charge in [-0.1, -0.05) is 53.1 Å². The molecule has 4 amide bonds. The molecule has 0 spiro atoms. The number of aryl methyl sites for hydroxylation is 3. The topological polar surface area (TPSA) is 131 Å². The van der Waals surface area contributed by atoms with E-state index >= 15 is 0 Å². The smallest absolute Gasteiger partial charge is 0.408 e. The molecule has 3 rings (SSSR count). The fraction of sp³-hybridized carbons (Fsp3) is 0.448. The lowest BCUT2D eigenvalue weighted by Crippen LogP contribution is -2.54. The van der Waals surface area contributed by atoms with Gasteiger partial charge >= 0.3 is 6.09 Å². The molecule has 0 radical (unpaired) electrons. The van der Waals surface area contributed by atoms with Crippen LogP contribution in [0.3, 0.4) is 0 Å². The van der Waals surface area contributed by atoms with Crippen molar-refractivity contribution in [1.82, 2.24) is 10.2 Å². The van der Waals surface area contributed by atoms with E-state index in [0.717, 1.165) is 16.7 Å². The molecule has 1 saturated carbocycles. The van der Waals surface area contributed by atoms with Gasteiger partial charge in [-0.05, 0) is 71.6 Å². The van der Waals surface area contributed by atoms with Crippen LogP contribution >= 0.6 is 11.6 Å². The number of benzene rings is 2. The molecule has 2 atom stereocenters. The van der Waals surface area contributed by atoms with Crippen molar-refractivity contribution in [2.24, 2.45) is 5.73 Å². The third-order valence-corrected chi connectivity index (χ3v) is 6.46. The molecule has 0 aliphatic heterocycles. The van der Waals surface area contributed by atoms with Gasteiger partial charge in [-0.25, -0.2) is 4.79 Å². The summed E-state index contributed by atoms with van der Waals surface area (Å²) in [5.74, 6) is -1.84. The second-order valence-electron chi connectivity index (χ2n) is 11.1. The summed E-state index contributed by atoms with van der Waals surface area (Å²) in [6.07, 6.45) is 0.0194. The molecule has 1 fully saturated rings. The van der Waals surface area contributed by atoms with E-state index in [9.17, 15) is 19.2 Å². The molecule has 1 aliphatic carbocycles. The highest BCUT2D eigenvalue weighted by molar-refractivity contribution is 6.34. The van der Waals surface area contributed by atoms with Gasteiger partial charge in [-0.3, -0.25) is 14.4 Å². The number of nitrogens with two attached hydrogens (primary N) is 1. The van der Waals surface area contributed by atoms with Crippen molar-refractivity contribution in [3.8, 4) is 0 Å². The number of amides is 4. The Bertz CT molecular complexity index is 1230. The van der Waals surface area contributed by atoms with E-state index < -0.39 is 47.9 Å². The van der Waals surface area contributed by atoms with Crippen LogP contribution in [0.15, 0.2) is 36.4 Å². The third kappa shape index (κ3) is 8.20. The van der Waals surface area contributed by atoms with Crippen LogP contribution in [0.25, 0.3) is 0 Å². The van der Waals surface area contributed by atoms with Gasteiger partial charge in [-0.2, -0.15) is 0 Å². The zero-order chi connectivity index (χ0) is 29.1. The Morgan fingerprint density at radius 2 is 1.69 bits per heavy atom. The van der Waals surface area contributed by atoms with E-state index in [1.807, 2.05) is 45.0 Å². The number of rotatable bonds is 9. The molecule has 9 nitrogen and oxygen atoms in total. The standard InChI is InChI=1S/C29H37ClN4O5/c1-16-12-17(2)14-19(13-16)25(26(36)33-24-18(3)8-7-9-21(24)30)34(20-10-11-20)27(37)22(15-23(31)35)32-28(38)39-29(4,5)6/h7-9,12-14,20,22,25H,10-11,15H2,1-6H3,(H2,31,35)(H,32,38)(H,33,36). The van der Waals surface area contributed by atoms with Gasteiger partial charge < -0.3 is 26.0 Å². The van der Waals surface area contributed by atoms with Crippen LogP contribution < -0.4 is 16.4 Å². The molecule has 39 heavy (non-hydrogen) atoms. The van der Waals surface area contributed by atoms with Crippen LogP contribution in [0.2, 0.25) is 5.02 Å². The fourth-order valence-electron chi connectivity index (χ4n) is 4.49. The van der Waals surface area contributed by atoms with Crippen molar-refractivity contribution in [3.63, 3.8) is 0 Å². The van der Waals surface area contributed by atoms with Gasteiger partial charge in [0.15, 0.2) is 0 Å². The van der Waals surface area contributed by atoms with Gasteiger partial charge in [0.25, 0.3) is 5.91 Å². The zero-order valence-electron chi connectivity index (χ0n) is 23.3. The van der Waals surface area contributed by atoms with Crippen molar-refractivity contribution in [2.45, 2.75) is 84.5 Å². The van der Waals surface area contributed by atoms with Gasteiger partial charge in [0.05, 0.1) is 17.1 Å². The number of alkyl carbamates (subject to hydrolysis) is 1. The SMILES string of the molecule is Cc1cc(C)cc(C(C(=O)Nc2c(C)cccc2Cl)N(C(=O)C(CC(N)=O)NC(=O)OC(C)(C)C)C2CC2)c1. The van der Waals surface area contributed by atoms with Crippen molar-refractivity contribution in [1.29, 1.82) is 0 Å². The predicted molar refractivity (Wildman–Crippen MR) is 150 cm³/mol. The second kappa shape index (κ2) is 12.1. The molecule has 2 aromatic rings. The lowest BCUT2D eigenvalue weighted by Gasteiger charge is -2.35. The first-order chi connectivity index (χ1) is 18.2. The first-order valence-corrected chi connectivity index (χ1v) is 13.3. The number of para-hydroxylation sites is 1. The number of halogens is 1. The number of ether oxygens (including phenoxy) is 1. The number of carbonyl (C=O) groups excluding carboxylic acids is 4. The fourth-order valence-corrected chi connectivity index (χ4v) is 4.76. The number of primary amides is 1. The van der Waals surface area contributed by atoms with E-state index in [0.29, 0.717) is 29.1 Å². The van der Waals surface area contributed by atoms with Crippen LogP contribution in [-0.2, 0) is 19.1 Å². The minimum Gasteiger partial charge on any atom is -0.444 e. The van der Waals surface area contributed by atoms with E-state index in [1.165, 1.54) is 4.90 Å². The lowest BCUT2D eigenvalue weighted by atomic mass is 9.97. The molecule has 0 heterocycles. The highest BCUT2D eigenvalue weighted by Crippen LogP contribution is 2.37. The summed E-state index contributed by atoms with van der Waals surface area (Å²) in [6, 6.07) is 8.31. The van der Waals surface area contributed by atoms with Gasteiger partial charge in [0.2, 0.25) is 11.8 Å². The summed E-state index contributed by atoms with van der Waals surface area (Å²) >= 11 is 6.40. The van der Waals surface area contributed by atoms with Crippen LogP contribution in [0.5, 0.6) is 0 Å². The molecular formula is C29H37ClN4O5. The van der Waals surface area contributed by atoms with E-state index in [4.69, 9.17) is 22.1 Å². The maximum atomic E-state index is 14.1. The van der Waals surface area contributed by atoms with Crippen molar-refractivity contribution in [3.05, 3.63) is 63.7 Å². The average Bonchev–Trinajstić information content (AvgIpc) is 3.61. The molecule has 210 valence electrons. The number of hydrogen-bond acceptors (Lipinski definition) is 5. The third-order valence-electron chi connectivity index (χ3n) is 6.15. The predicted octanol–water partition coefficient (Wildman–Crippen LogP) is 4.70. The Morgan fingerprint density at radius 1 is 1.08 bits per heavy atom. The molecule has 0 aromatic heterocycles. The number of hydrogen-bond donors (Lipinski definition) is 3.